The fraction of sp³-hybridized carbons (Fsp3) is 0.0833. The summed E-state index contributed by atoms with van der Waals surface area (Å²) in [7, 11) is 0. The third kappa shape index (κ3) is 5.68. The monoisotopic (exact) mass is 453 g/mol. The van der Waals surface area contributed by atoms with Crippen LogP contribution in [0.2, 0.25) is 0 Å². The first-order valence-corrected chi connectivity index (χ1v) is 10.4. The summed E-state index contributed by atoms with van der Waals surface area (Å²) < 4.78 is 0. The highest BCUT2D eigenvalue weighted by Crippen LogP contribution is 2.22. The fourth-order valence-electron chi connectivity index (χ4n) is 3.03. The Hall–Kier alpha value is -4.33. The van der Waals surface area contributed by atoms with Crippen molar-refractivity contribution in [2.75, 3.05) is 10.6 Å². The molecule has 2 aromatic heterocycles. The molecule has 0 bridgehead atoms. The highest BCUT2D eigenvalue weighted by molar-refractivity contribution is 7.78. The van der Waals surface area contributed by atoms with Gasteiger partial charge >= 0.3 is 0 Å². The Bertz CT molecular complexity index is 1320. The summed E-state index contributed by atoms with van der Waals surface area (Å²) in [6, 6.07) is 14.6. The number of isothiocyanates is 1. The molecule has 0 saturated carbocycles. The Kier molecular flexibility index (Phi) is 6.84. The van der Waals surface area contributed by atoms with Crippen LogP contribution in [-0.2, 0) is 6.54 Å². The van der Waals surface area contributed by atoms with Gasteiger partial charge in [0.1, 0.15) is 5.69 Å². The van der Waals surface area contributed by atoms with Gasteiger partial charge in [0.2, 0.25) is 5.95 Å². The minimum atomic E-state index is -0.225. The van der Waals surface area contributed by atoms with Crippen molar-refractivity contribution in [1.82, 2.24) is 19.9 Å². The lowest BCUT2D eigenvalue weighted by Crippen LogP contribution is -2.12. The Morgan fingerprint density at radius 1 is 1.03 bits per heavy atom. The number of aryl methyl sites for hydroxylation is 1. The van der Waals surface area contributed by atoms with Crippen LogP contribution in [0.3, 0.4) is 0 Å². The molecule has 162 valence electrons. The van der Waals surface area contributed by atoms with Crippen LogP contribution in [0.15, 0.2) is 78.3 Å². The maximum absolute atomic E-state index is 12.8. The average Bonchev–Trinajstić information content (AvgIpc) is 2.85. The lowest BCUT2D eigenvalue weighted by molar-refractivity contribution is 0.102. The van der Waals surface area contributed by atoms with Crippen molar-refractivity contribution < 1.29 is 4.79 Å². The normalized spacial score (nSPS) is 10.2. The topological polar surface area (TPSA) is 105 Å². The van der Waals surface area contributed by atoms with Crippen molar-refractivity contribution >= 4 is 40.6 Å². The summed E-state index contributed by atoms with van der Waals surface area (Å²) in [5.74, 6) is 0.172. The zero-order chi connectivity index (χ0) is 23.0. The number of carbonyl (C=O) groups is 1. The second-order valence-corrected chi connectivity index (χ2v) is 7.25. The van der Waals surface area contributed by atoms with Gasteiger partial charge in [-0.2, -0.15) is 0 Å². The number of anilines is 3. The largest absolute Gasteiger partial charge is 0.324 e. The van der Waals surface area contributed by atoms with E-state index in [1.54, 1.807) is 43.0 Å². The van der Waals surface area contributed by atoms with Gasteiger partial charge in [0.25, 0.3) is 5.91 Å². The van der Waals surface area contributed by atoms with Gasteiger partial charge in [-0.3, -0.25) is 14.8 Å². The van der Waals surface area contributed by atoms with E-state index >= 15 is 0 Å². The second-order valence-electron chi connectivity index (χ2n) is 7.07. The summed E-state index contributed by atoms with van der Waals surface area (Å²) in [4.78, 5) is 33.8. The van der Waals surface area contributed by atoms with Gasteiger partial charge in [-0.05, 0) is 60.6 Å². The summed E-state index contributed by atoms with van der Waals surface area (Å²) in [6.45, 7) is 2.41. The number of aliphatic imine (C=N–C) groups is 1. The van der Waals surface area contributed by atoms with Crippen LogP contribution in [0.4, 0.5) is 17.3 Å². The van der Waals surface area contributed by atoms with Crippen molar-refractivity contribution in [3.63, 3.8) is 0 Å². The first kappa shape index (κ1) is 21.9. The Morgan fingerprint density at radius 3 is 2.64 bits per heavy atom. The molecule has 2 heterocycles. The number of hydrogen-bond donors (Lipinski definition) is 2. The highest BCUT2D eigenvalue weighted by atomic mass is 32.1. The van der Waals surface area contributed by atoms with Crippen LogP contribution in [0.25, 0.3) is 11.4 Å². The van der Waals surface area contributed by atoms with Gasteiger partial charge in [0.15, 0.2) is 0 Å². The average molecular weight is 454 g/mol. The van der Waals surface area contributed by atoms with Gasteiger partial charge in [0.05, 0.1) is 23.6 Å². The quantitative estimate of drug-likeness (QED) is 0.305. The molecule has 0 saturated heterocycles. The third-order valence-corrected chi connectivity index (χ3v) is 4.89. The maximum Gasteiger partial charge on any atom is 0.255 e. The number of rotatable bonds is 7. The van der Waals surface area contributed by atoms with Crippen molar-refractivity contribution in [2.24, 2.45) is 4.99 Å². The van der Waals surface area contributed by atoms with E-state index in [4.69, 9.17) is 0 Å². The van der Waals surface area contributed by atoms with Crippen molar-refractivity contribution in [3.8, 4) is 11.4 Å². The van der Waals surface area contributed by atoms with Crippen molar-refractivity contribution in [2.45, 2.75) is 13.5 Å². The molecule has 9 heteroatoms. The van der Waals surface area contributed by atoms with E-state index in [2.05, 4.69) is 52.9 Å². The molecule has 0 aliphatic heterocycles. The number of hydrogen-bond acceptors (Lipinski definition) is 8. The van der Waals surface area contributed by atoms with Gasteiger partial charge in [-0.1, -0.05) is 18.2 Å². The minimum absolute atomic E-state index is 0.225. The standard InChI is InChI=1S/C24H19N7OS/c1-16-2-5-18(23(32)29-19-6-3-17(4-7-19)13-26-15-33)12-21(16)31-24-28-9-8-20(30-24)22-14-25-10-11-27-22/h2-12,14H,13H2,1H3,(H,29,32)(H,28,30,31). The van der Waals surface area contributed by atoms with E-state index in [0.717, 1.165) is 16.8 Å². The van der Waals surface area contributed by atoms with E-state index in [1.165, 1.54) is 0 Å². The lowest BCUT2D eigenvalue weighted by atomic mass is 10.1. The van der Waals surface area contributed by atoms with Crippen LogP contribution in [-0.4, -0.2) is 31.0 Å². The third-order valence-electron chi connectivity index (χ3n) is 4.77. The van der Waals surface area contributed by atoms with Gasteiger partial charge in [-0.25, -0.2) is 15.0 Å². The number of amides is 1. The van der Waals surface area contributed by atoms with E-state index in [-0.39, 0.29) is 5.91 Å². The Morgan fingerprint density at radius 2 is 1.88 bits per heavy atom. The predicted octanol–water partition coefficient (Wildman–Crippen LogP) is 4.84. The molecular formula is C24H19N7OS. The van der Waals surface area contributed by atoms with E-state index in [0.29, 0.717) is 35.1 Å². The summed E-state index contributed by atoms with van der Waals surface area (Å²) in [6.07, 6.45) is 6.50. The molecule has 2 aromatic carbocycles. The van der Waals surface area contributed by atoms with Crippen LogP contribution in [0.1, 0.15) is 21.5 Å². The summed E-state index contributed by atoms with van der Waals surface area (Å²) >= 11 is 4.59. The van der Waals surface area contributed by atoms with Crippen LogP contribution in [0.5, 0.6) is 0 Å². The molecule has 0 spiro atoms. The SMILES string of the molecule is Cc1ccc(C(=O)Nc2ccc(CN=C=S)cc2)cc1Nc1nccc(-c2cnccn2)n1. The number of carbonyl (C=O) groups excluding carboxylic acids is 1. The summed E-state index contributed by atoms with van der Waals surface area (Å²) in [5.41, 5.74) is 5.14. The molecule has 0 unspecified atom stereocenters. The van der Waals surface area contributed by atoms with Gasteiger partial charge in [0, 0.05) is 35.5 Å². The summed E-state index contributed by atoms with van der Waals surface area (Å²) in [5, 5.41) is 8.44. The first-order valence-electron chi connectivity index (χ1n) is 10.0. The van der Waals surface area contributed by atoms with Crippen molar-refractivity contribution in [3.05, 3.63) is 90.0 Å². The predicted molar refractivity (Wildman–Crippen MR) is 131 cm³/mol. The molecule has 1 amide bonds. The zero-order valence-electron chi connectivity index (χ0n) is 17.7. The highest BCUT2D eigenvalue weighted by Gasteiger charge is 2.11. The number of nitrogens with one attached hydrogen (secondary N) is 2. The molecule has 0 aliphatic carbocycles. The minimum Gasteiger partial charge on any atom is -0.324 e. The Labute approximate surface area is 195 Å². The molecule has 8 nitrogen and oxygen atoms in total. The van der Waals surface area contributed by atoms with E-state index < -0.39 is 0 Å². The van der Waals surface area contributed by atoms with Gasteiger partial charge in [-0.15, -0.1) is 0 Å². The van der Waals surface area contributed by atoms with Crippen LogP contribution < -0.4 is 10.6 Å². The fourth-order valence-corrected chi connectivity index (χ4v) is 3.10. The molecular weight excluding hydrogens is 434 g/mol. The molecule has 2 N–H and O–H groups in total. The molecule has 4 rings (SSSR count). The number of nitrogens with zero attached hydrogens (tertiary/aromatic N) is 5. The number of thiocarbonyl (C=S) groups is 1. The van der Waals surface area contributed by atoms with Crippen LogP contribution in [0, 0.1) is 6.92 Å². The first-order chi connectivity index (χ1) is 16.1. The maximum atomic E-state index is 12.8. The number of aromatic nitrogens is 4. The van der Waals surface area contributed by atoms with Crippen molar-refractivity contribution in [1.29, 1.82) is 0 Å². The molecule has 0 atom stereocenters. The van der Waals surface area contributed by atoms with Crippen LogP contribution >= 0.6 is 12.2 Å². The molecule has 33 heavy (non-hydrogen) atoms. The molecule has 0 aliphatic rings. The molecule has 4 aromatic rings. The van der Waals surface area contributed by atoms with E-state index in [9.17, 15) is 4.79 Å². The Balaban J connectivity index is 1.50. The smallest absolute Gasteiger partial charge is 0.255 e. The molecule has 0 fully saturated rings. The zero-order valence-corrected chi connectivity index (χ0v) is 18.5. The molecule has 0 radical (unpaired) electrons. The number of benzene rings is 2. The lowest BCUT2D eigenvalue weighted by Gasteiger charge is -2.12. The second kappa shape index (κ2) is 10.3. The van der Waals surface area contributed by atoms with E-state index in [1.807, 2.05) is 37.3 Å². The van der Waals surface area contributed by atoms with Gasteiger partial charge < -0.3 is 10.6 Å².